The van der Waals surface area contributed by atoms with Crippen LogP contribution in [0.5, 0.6) is 0 Å². The van der Waals surface area contributed by atoms with Crippen molar-refractivity contribution in [2.45, 2.75) is 107 Å². The SMILES string of the molecule is CC(C)(O)[C@@H]1CC[C@]2(C)[C@@H](O)CC[C@](C)(O)[C@H]2[C@@H]1O[C@@H]1O[C@H](CO)[C@@H](O)[C@H](O)[C@H]1O. The molecular weight excluding hydrogens is 396 g/mol. The maximum Gasteiger partial charge on any atom is 0.186 e. The summed E-state index contributed by atoms with van der Waals surface area (Å²) >= 11 is 0. The molecule has 0 spiro atoms. The predicted octanol–water partition coefficient (Wildman–Crippen LogP) is -1.12. The van der Waals surface area contributed by atoms with Crippen LogP contribution in [0.25, 0.3) is 0 Å². The van der Waals surface area contributed by atoms with Crippen molar-refractivity contribution in [1.29, 1.82) is 0 Å². The summed E-state index contributed by atoms with van der Waals surface area (Å²) in [5.74, 6) is -1.02. The lowest BCUT2D eigenvalue weighted by Gasteiger charge is -2.61. The number of ether oxygens (including phenoxy) is 2. The van der Waals surface area contributed by atoms with Crippen LogP contribution in [-0.4, -0.2) is 96.5 Å². The van der Waals surface area contributed by atoms with Crippen LogP contribution >= 0.6 is 0 Å². The first kappa shape index (κ1) is 24.3. The summed E-state index contributed by atoms with van der Waals surface area (Å²) in [6.07, 6.45) is -6.77. The number of hydrogen-bond acceptors (Lipinski definition) is 9. The van der Waals surface area contributed by atoms with Gasteiger partial charge in [0.15, 0.2) is 6.29 Å². The van der Waals surface area contributed by atoms with Crippen molar-refractivity contribution < 1.29 is 45.2 Å². The quantitative estimate of drug-likeness (QED) is 0.291. The number of aliphatic hydroxyl groups excluding tert-OH is 5. The molecule has 0 aromatic carbocycles. The average molecular weight is 435 g/mol. The molecule has 9 nitrogen and oxygen atoms in total. The maximum atomic E-state index is 11.3. The van der Waals surface area contributed by atoms with Gasteiger partial charge in [0.25, 0.3) is 0 Å². The number of hydrogen-bond donors (Lipinski definition) is 7. The summed E-state index contributed by atoms with van der Waals surface area (Å²) in [6.45, 7) is 6.32. The fourth-order valence-electron chi connectivity index (χ4n) is 6.01. The van der Waals surface area contributed by atoms with Gasteiger partial charge in [-0.2, -0.15) is 0 Å². The van der Waals surface area contributed by atoms with Crippen LogP contribution < -0.4 is 0 Å². The molecule has 0 aromatic rings. The van der Waals surface area contributed by atoms with Crippen LogP contribution in [0.2, 0.25) is 0 Å². The molecule has 1 heterocycles. The normalized spacial score (nSPS) is 52.7. The van der Waals surface area contributed by atoms with Gasteiger partial charge in [0.2, 0.25) is 0 Å². The Hall–Kier alpha value is -0.360. The Bertz CT molecular complexity index is 604. The minimum atomic E-state index is -1.59. The van der Waals surface area contributed by atoms with Crippen LogP contribution in [0, 0.1) is 17.3 Å². The number of aliphatic hydroxyl groups is 7. The molecule has 9 heteroatoms. The van der Waals surface area contributed by atoms with E-state index in [1.807, 2.05) is 6.92 Å². The molecule has 3 aliphatic rings. The van der Waals surface area contributed by atoms with Gasteiger partial charge in [0.05, 0.1) is 30.0 Å². The summed E-state index contributed by atoms with van der Waals surface area (Å²) in [5, 5.41) is 73.1. The van der Waals surface area contributed by atoms with E-state index in [2.05, 4.69) is 0 Å². The van der Waals surface area contributed by atoms with E-state index < -0.39 is 78.0 Å². The minimum absolute atomic E-state index is 0.349. The molecule has 0 unspecified atom stereocenters. The van der Waals surface area contributed by atoms with E-state index in [1.165, 1.54) is 0 Å². The smallest absolute Gasteiger partial charge is 0.186 e. The Morgan fingerprint density at radius 1 is 1.00 bits per heavy atom. The maximum absolute atomic E-state index is 11.3. The Kier molecular flexibility index (Phi) is 6.64. The Morgan fingerprint density at radius 3 is 2.20 bits per heavy atom. The second kappa shape index (κ2) is 8.20. The van der Waals surface area contributed by atoms with E-state index in [-0.39, 0.29) is 0 Å². The minimum Gasteiger partial charge on any atom is -0.394 e. The molecule has 3 fully saturated rings. The van der Waals surface area contributed by atoms with Crippen molar-refractivity contribution in [2.75, 3.05) is 6.61 Å². The molecule has 3 rings (SSSR count). The summed E-state index contributed by atoms with van der Waals surface area (Å²) in [4.78, 5) is 0. The third-order valence-electron chi connectivity index (χ3n) is 7.83. The van der Waals surface area contributed by atoms with E-state index in [0.29, 0.717) is 25.7 Å². The summed E-state index contributed by atoms with van der Waals surface area (Å²) < 4.78 is 11.7. The lowest BCUT2D eigenvalue weighted by Crippen LogP contribution is -2.67. The number of rotatable bonds is 4. The van der Waals surface area contributed by atoms with E-state index >= 15 is 0 Å². The van der Waals surface area contributed by atoms with Crippen molar-refractivity contribution >= 4 is 0 Å². The van der Waals surface area contributed by atoms with E-state index in [4.69, 9.17) is 9.47 Å². The van der Waals surface area contributed by atoms with Crippen LogP contribution in [-0.2, 0) is 9.47 Å². The van der Waals surface area contributed by atoms with E-state index in [9.17, 15) is 35.7 Å². The van der Waals surface area contributed by atoms with Gasteiger partial charge in [0.1, 0.15) is 24.4 Å². The molecule has 1 saturated heterocycles. The molecule has 7 N–H and O–H groups in total. The van der Waals surface area contributed by atoms with Crippen LogP contribution in [0.1, 0.15) is 53.4 Å². The molecule has 0 bridgehead atoms. The number of fused-ring (bicyclic) bond motifs is 1. The second-order valence-corrected chi connectivity index (χ2v) is 10.5. The molecule has 11 atom stereocenters. The average Bonchev–Trinajstić information content (AvgIpc) is 2.64. The second-order valence-electron chi connectivity index (χ2n) is 10.5. The highest BCUT2D eigenvalue weighted by molar-refractivity contribution is 5.11. The zero-order valence-corrected chi connectivity index (χ0v) is 18.2. The third-order valence-corrected chi connectivity index (χ3v) is 7.83. The van der Waals surface area contributed by atoms with Gasteiger partial charge in [-0.3, -0.25) is 0 Å². The first-order valence-corrected chi connectivity index (χ1v) is 10.8. The Balaban J connectivity index is 1.98. The molecule has 0 aromatic heterocycles. The van der Waals surface area contributed by atoms with E-state index in [1.54, 1.807) is 20.8 Å². The van der Waals surface area contributed by atoms with Gasteiger partial charge in [0, 0.05) is 17.3 Å². The topological polar surface area (TPSA) is 160 Å². The zero-order chi connectivity index (χ0) is 22.6. The largest absolute Gasteiger partial charge is 0.394 e. The summed E-state index contributed by atoms with van der Waals surface area (Å²) in [6, 6.07) is 0. The molecule has 0 radical (unpaired) electrons. The highest BCUT2D eigenvalue weighted by Crippen LogP contribution is 2.58. The fourth-order valence-corrected chi connectivity index (χ4v) is 6.01. The molecule has 2 aliphatic carbocycles. The molecule has 0 amide bonds. The molecule has 1 aliphatic heterocycles. The van der Waals surface area contributed by atoms with Gasteiger partial charge >= 0.3 is 0 Å². The predicted molar refractivity (Wildman–Crippen MR) is 105 cm³/mol. The van der Waals surface area contributed by atoms with Gasteiger partial charge in [-0.15, -0.1) is 0 Å². The molecule has 30 heavy (non-hydrogen) atoms. The van der Waals surface area contributed by atoms with Crippen molar-refractivity contribution in [1.82, 2.24) is 0 Å². The first-order valence-electron chi connectivity index (χ1n) is 10.8. The van der Waals surface area contributed by atoms with Crippen LogP contribution in [0.3, 0.4) is 0 Å². The highest BCUT2D eigenvalue weighted by Gasteiger charge is 2.62. The lowest BCUT2D eigenvalue weighted by molar-refractivity contribution is -0.342. The third kappa shape index (κ3) is 4.04. The van der Waals surface area contributed by atoms with Crippen molar-refractivity contribution in [2.24, 2.45) is 17.3 Å². The monoisotopic (exact) mass is 434 g/mol. The summed E-state index contributed by atoms with van der Waals surface area (Å²) in [5.41, 5.74) is -3.06. The van der Waals surface area contributed by atoms with E-state index in [0.717, 1.165) is 0 Å². The Labute approximate surface area is 177 Å². The van der Waals surface area contributed by atoms with Crippen molar-refractivity contribution in [3.63, 3.8) is 0 Å². The highest BCUT2D eigenvalue weighted by atomic mass is 16.7. The van der Waals surface area contributed by atoms with Crippen LogP contribution in [0.4, 0.5) is 0 Å². The molecule has 2 saturated carbocycles. The van der Waals surface area contributed by atoms with Gasteiger partial charge in [-0.05, 0) is 46.5 Å². The van der Waals surface area contributed by atoms with Crippen molar-refractivity contribution in [3.8, 4) is 0 Å². The van der Waals surface area contributed by atoms with Crippen molar-refractivity contribution in [3.05, 3.63) is 0 Å². The van der Waals surface area contributed by atoms with Crippen LogP contribution in [0.15, 0.2) is 0 Å². The zero-order valence-electron chi connectivity index (χ0n) is 18.2. The lowest BCUT2D eigenvalue weighted by atomic mass is 9.50. The summed E-state index contributed by atoms with van der Waals surface area (Å²) in [7, 11) is 0. The van der Waals surface area contributed by atoms with Gasteiger partial charge < -0.3 is 45.2 Å². The van der Waals surface area contributed by atoms with Gasteiger partial charge in [-0.25, -0.2) is 0 Å². The molecular formula is C21H38O9. The molecule has 176 valence electrons. The van der Waals surface area contributed by atoms with Gasteiger partial charge in [-0.1, -0.05) is 6.92 Å². The standard InChI is InChI=1S/C21H38O9/c1-19(2,27)10-5-7-20(3)12(23)6-8-21(4,28)17(20)16(10)30-18-15(26)14(25)13(24)11(9-22)29-18/h10-18,22-28H,5-9H2,1-4H3/t10-,11-,12+,13-,14+,15-,16-,17+,18+,20-,21+/m1/s1. The fraction of sp³-hybridized carbons (Fsp3) is 1.00. The Morgan fingerprint density at radius 2 is 1.63 bits per heavy atom. The first-order chi connectivity index (χ1) is 13.7.